The van der Waals surface area contributed by atoms with E-state index in [4.69, 9.17) is 4.74 Å². The lowest BCUT2D eigenvalue weighted by atomic mass is 9.96. The highest BCUT2D eigenvalue weighted by molar-refractivity contribution is 5.96. The van der Waals surface area contributed by atoms with Crippen LogP contribution in [0.5, 0.6) is 5.88 Å². The number of nitrogens with zero attached hydrogens (tertiary/aromatic N) is 2. The Morgan fingerprint density at radius 1 is 1.60 bits per heavy atom. The molecule has 5 nitrogen and oxygen atoms in total. The van der Waals surface area contributed by atoms with Gasteiger partial charge in [-0.25, -0.2) is 4.98 Å². The van der Waals surface area contributed by atoms with E-state index in [0.29, 0.717) is 17.9 Å². The number of piperidine rings is 1. The van der Waals surface area contributed by atoms with Crippen molar-refractivity contribution in [3.63, 3.8) is 0 Å². The molecule has 0 aliphatic carbocycles. The van der Waals surface area contributed by atoms with E-state index in [1.165, 1.54) is 7.11 Å². The first-order valence-corrected chi connectivity index (χ1v) is 7.11. The highest BCUT2D eigenvalue weighted by Gasteiger charge is 2.29. The van der Waals surface area contributed by atoms with Gasteiger partial charge >= 0.3 is 0 Å². The molecule has 110 valence electrons. The number of carbonyl (C=O) groups excluding carboxylic acids is 1. The highest BCUT2D eigenvalue weighted by Crippen LogP contribution is 2.25. The van der Waals surface area contributed by atoms with Crippen LogP contribution in [0, 0.1) is 0 Å². The molecule has 1 fully saturated rings. The third-order valence-electron chi connectivity index (χ3n) is 3.70. The number of methoxy groups -OCH3 is 1. The number of ether oxygens (including phenoxy) is 1. The van der Waals surface area contributed by atoms with Gasteiger partial charge in [-0.2, -0.15) is 0 Å². The van der Waals surface area contributed by atoms with E-state index in [-0.39, 0.29) is 11.9 Å². The number of likely N-dealkylation sites (tertiary alicyclic amines) is 1. The summed E-state index contributed by atoms with van der Waals surface area (Å²) in [6.07, 6.45) is 4.88. The molecule has 0 bridgehead atoms. The molecular weight excluding hydrogens is 256 g/mol. The summed E-state index contributed by atoms with van der Waals surface area (Å²) >= 11 is 0. The molecule has 1 N–H and O–H groups in total. The zero-order chi connectivity index (χ0) is 14.5. The number of amides is 1. The number of carbonyl (C=O) groups is 1. The first-order valence-electron chi connectivity index (χ1n) is 7.11. The minimum atomic E-state index is -0.399. The summed E-state index contributed by atoms with van der Waals surface area (Å²) in [5.74, 6) is 0.305. The SMILES string of the molecule is COc1ncccc1C(=O)N1CCCCC1CC(C)O. The van der Waals surface area contributed by atoms with E-state index < -0.39 is 6.10 Å². The number of aliphatic hydroxyl groups excluding tert-OH is 1. The normalized spacial score (nSPS) is 20.6. The third kappa shape index (κ3) is 3.28. The molecule has 1 aliphatic heterocycles. The van der Waals surface area contributed by atoms with Crippen molar-refractivity contribution in [3.05, 3.63) is 23.9 Å². The lowest BCUT2D eigenvalue weighted by Gasteiger charge is -2.36. The predicted molar refractivity (Wildman–Crippen MR) is 75.8 cm³/mol. The Morgan fingerprint density at radius 3 is 3.10 bits per heavy atom. The standard InChI is InChI=1S/C15H22N2O3/c1-11(18)10-12-6-3-4-9-17(12)15(19)13-7-5-8-16-14(13)20-2/h5,7-8,11-12,18H,3-4,6,9-10H2,1-2H3. The van der Waals surface area contributed by atoms with Gasteiger partial charge in [-0.1, -0.05) is 0 Å². The first kappa shape index (κ1) is 14.8. The molecule has 2 heterocycles. The number of rotatable bonds is 4. The Hall–Kier alpha value is -1.62. The summed E-state index contributed by atoms with van der Waals surface area (Å²) in [5, 5.41) is 9.60. The fourth-order valence-electron chi connectivity index (χ4n) is 2.78. The van der Waals surface area contributed by atoms with Crippen molar-refractivity contribution in [2.75, 3.05) is 13.7 Å². The minimum absolute atomic E-state index is 0.0553. The van der Waals surface area contributed by atoms with E-state index in [9.17, 15) is 9.90 Å². The van der Waals surface area contributed by atoms with Crippen molar-refractivity contribution in [1.82, 2.24) is 9.88 Å². The monoisotopic (exact) mass is 278 g/mol. The Kier molecular flexibility index (Phi) is 4.95. The van der Waals surface area contributed by atoms with Gasteiger partial charge in [0.2, 0.25) is 5.88 Å². The maximum absolute atomic E-state index is 12.7. The van der Waals surface area contributed by atoms with Gasteiger partial charge < -0.3 is 14.7 Å². The second-order valence-electron chi connectivity index (χ2n) is 5.29. The summed E-state index contributed by atoms with van der Waals surface area (Å²) in [6, 6.07) is 3.58. The fraction of sp³-hybridized carbons (Fsp3) is 0.600. The van der Waals surface area contributed by atoms with Crippen LogP contribution in [0.15, 0.2) is 18.3 Å². The number of aliphatic hydroxyl groups is 1. The number of pyridine rings is 1. The Bertz CT molecular complexity index is 462. The van der Waals surface area contributed by atoms with E-state index >= 15 is 0 Å². The summed E-state index contributed by atoms with van der Waals surface area (Å²) in [7, 11) is 1.52. The lowest BCUT2D eigenvalue weighted by Crippen LogP contribution is -2.45. The van der Waals surface area contributed by atoms with Crippen LogP contribution in [-0.2, 0) is 0 Å². The molecule has 1 aromatic heterocycles. The molecule has 5 heteroatoms. The van der Waals surface area contributed by atoms with E-state index in [2.05, 4.69) is 4.98 Å². The van der Waals surface area contributed by atoms with Gasteiger partial charge in [0, 0.05) is 18.8 Å². The molecule has 1 saturated heterocycles. The molecular formula is C15H22N2O3. The molecule has 0 spiro atoms. The van der Waals surface area contributed by atoms with Crippen LogP contribution in [0.3, 0.4) is 0 Å². The van der Waals surface area contributed by atoms with E-state index in [1.54, 1.807) is 25.3 Å². The van der Waals surface area contributed by atoms with Gasteiger partial charge in [-0.15, -0.1) is 0 Å². The molecule has 0 radical (unpaired) electrons. The second-order valence-corrected chi connectivity index (χ2v) is 5.29. The topological polar surface area (TPSA) is 62.7 Å². The minimum Gasteiger partial charge on any atom is -0.480 e. The summed E-state index contributed by atoms with van der Waals surface area (Å²) in [6.45, 7) is 2.50. The molecule has 0 aromatic carbocycles. The fourth-order valence-corrected chi connectivity index (χ4v) is 2.78. The van der Waals surface area contributed by atoms with E-state index in [1.807, 2.05) is 4.90 Å². The second kappa shape index (κ2) is 6.70. The zero-order valence-electron chi connectivity index (χ0n) is 12.1. The van der Waals surface area contributed by atoms with Crippen LogP contribution in [0.4, 0.5) is 0 Å². The summed E-state index contributed by atoms with van der Waals surface area (Å²) in [5.41, 5.74) is 0.493. The van der Waals surface area contributed by atoms with Crippen LogP contribution in [0.25, 0.3) is 0 Å². The predicted octanol–water partition coefficient (Wildman–Crippen LogP) is 1.86. The molecule has 2 unspecified atom stereocenters. The number of aromatic nitrogens is 1. The maximum atomic E-state index is 12.7. The number of hydrogen-bond acceptors (Lipinski definition) is 4. The number of hydrogen-bond donors (Lipinski definition) is 1. The Balaban J connectivity index is 2.20. The molecule has 20 heavy (non-hydrogen) atoms. The van der Waals surface area contributed by atoms with Crippen LogP contribution >= 0.6 is 0 Å². The van der Waals surface area contributed by atoms with Gasteiger partial charge in [0.1, 0.15) is 5.56 Å². The Morgan fingerprint density at radius 2 is 2.40 bits per heavy atom. The van der Waals surface area contributed by atoms with Crippen molar-refractivity contribution in [3.8, 4) is 5.88 Å². The average Bonchev–Trinajstić information content (AvgIpc) is 2.46. The van der Waals surface area contributed by atoms with Crippen molar-refractivity contribution < 1.29 is 14.6 Å². The van der Waals surface area contributed by atoms with Gasteiger partial charge in [0.15, 0.2) is 0 Å². The van der Waals surface area contributed by atoms with Gasteiger partial charge in [-0.3, -0.25) is 4.79 Å². The van der Waals surface area contributed by atoms with Gasteiger partial charge in [0.05, 0.1) is 13.2 Å². The molecule has 1 aliphatic rings. The van der Waals surface area contributed by atoms with E-state index in [0.717, 1.165) is 25.8 Å². The first-order chi connectivity index (χ1) is 9.63. The highest BCUT2D eigenvalue weighted by atomic mass is 16.5. The van der Waals surface area contributed by atoms with Crippen LogP contribution in [-0.4, -0.2) is 46.7 Å². The summed E-state index contributed by atoms with van der Waals surface area (Å²) in [4.78, 5) is 18.6. The molecule has 0 saturated carbocycles. The molecule has 1 amide bonds. The lowest BCUT2D eigenvalue weighted by molar-refractivity contribution is 0.0511. The summed E-state index contributed by atoms with van der Waals surface area (Å²) < 4.78 is 5.17. The van der Waals surface area contributed by atoms with Crippen molar-refractivity contribution >= 4 is 5.91 Å². The van der Waals surface area contributed by atoms with Crippen molar-refractivity contribution in [1.29, 1.82) is 0 Å². The Labute approximate surface area is 119 Å². The maximum Gasteiger partial charge on any atom is 0.259 e. The van der Waals surface area contributed by atoms with Crippen LogP contribution < -0.4 is 4.74 Å². The van der Waals surface area contributed by atoms with Gasteiger partial charge in [-0.05, 0) is 44.7 Å². The van der Waals surface area contributed by atoms with Crippen molar-refractivity contribution in [2.24, 2.45) is 0 Å². The quantitative estimate of drug-likeness (QED) is 0.913. The van der Waals surface area contributed by atoms with Crippen LogP contribution in [0.2, 0.25) is 0 Å². The molecule has 1 aromatic rings. The molecule has 2 atom stereocenters. The van der Waals surface area contributed by atoms with Crippen molar-refractivity contribution in [2.45, 2.75) is 44.8 Å². The third-order valence-corrected chi connectivity index (χ3v) is 3.70. The smallest absolute Gasteiger partial charge is 0.259 e. The largest absolute Gasteiger partial charge is 0.480 e. The average molecular weight is 278 g/mol. The van der Waals surface area contributed by atoms with Gasteiger partial charge in [0.25, 0.3) is 5.91 Å². The zero-order valence-corrected chi connectivity index (χ0v) is 12.1. The molecule has 2 rings (SSSR count). The van der Waals surface area contributed by atoms with Crippen LogP contribution in [0.1, 0.15) is 43.0 Å².